The molecule has 2 saturated heterocycles. The number of carbonyl (C=O) groups is 4. The number of ether oxygens (including phenoxy) is 1. The molecule has 138 valence electrons. The Morgan fingerprint density at radius 3 is 2.73 bits per heavy atom. The van der Waals surface area contributed by atoms with Crippen molar-refractivity contribution in [2.75, 3.05) is 12.4 Å². The van der Waals surface area contributed by atoms with Crippen LogP contribution in [0.2, 0.25) is 0 Å². The molecule has 0 aromatic carbocycles. The highest BCUT2D eigenvalue weighted by Crippen LogP contribution is 2.34. The number of hydrogen-bond donors (Lipinski definition) is 2. The molecule has 3 rings (SSSR count). The maximum absolute atomic E-state index is 12.4. The highest BCUT2D eigenvalue weighted by atomic mass is 32.2. The molecular formula is C15H15N3O7S. The summed E-state index contributed by atoms with van der Waals surface area (Å²) in [5.74, 6) is -3.36. The van der Waals surface area contributed by atoms with Gasteiger partial charge in [-0.2, -0.15) is 5.06 Å². The van der Waals surface area contributed by atoms with Crippen molar-refractivity contribution < 1.29 is 33.9 Å². The molecule has 0 radical (unpaired) electrons. The minimum atomic E-state index is -2.18. The van der Waals surface area contributed by atoms with Gasteiger partial charge in [0.05, 0.1) is 12.2 Å². The molecule has 3 heterocycles. The summed E-state index contributed by atoms with van der Waals surface area (Å²) in [4.78, 5) is 57.2. The Kier molecular flexibility index (Phi) is 5.09. The van der Waals surface area contributed by atoms with E-state index in [0.29, 0.717) is 5.06 Å². The highest BCUT2D eigenvalue weighted by molar-refractivity contribution is 8.00. The topological polar surface area (TPSA) is 135 Å². The van der Waals surface area contributed by atoms with Gasteiger partial charge in [0.15, 0.2) is 0 Å². The lowest BCUT2D eigenvalue weighted by Gasteiger charge is -2.30. The van der Waals surface area contributed by atoms with E-state index in [9.17, 15) is 24.3 Å². The molecule has 2 aliphatic heterocycles. The Morgan fingerprint density at radius 2 is 2.12 bits per heavy atom. The Hall–Kier alpha value is -2.66. The number of amides is 2. The molecule has 2 atom stereocenters. The molecule has 2 amide bonds. The average molecular weight is 381 g/mol. The van der Waals surface area contributed by atoms with Crippen molar-refractivity contribution in [2.24, 2.45) is 0 Å². The van der Waals surface area contributed by atoms with Gasteiger partial charge < -0.3 is 15.2 Å². The number of carboxylic acids is 1. The van der Waals surface area contributed by atoms with Crippen molar-refractivity contribution in [3.05, 3.63) is 24.5 Å². The van der Waals surface area contributed by atoms with E-state index in [-0.39, 0.29) is 25.2 Å². The van der Waals surface area contributed by atoms with Crippen molar-refractivity contribution in [3.8, 4) is 0 Å². The van der Waals surface area contributed by atoms with Crippen LogP contribution >= 0.6 is 11.8 Å². The standard InChI is InChI=1S/C15H15N3O7S/c19-11(8-26-9-2-5-16-6-3-9)17-10-7-24-18(13(10)21)15(14(22)23)4-1-12(20)25-15/h2-3,5-6,10H,1,4,7-8H2,(H,17,19)(H,22,23)/t10-,15?/m0/s1. The van der Waals surface area contributed by atoms with Gasteiger partial charge in [-0.15, -0.1) is 11.8 Å². The summed E-state index contributed by atoms with van der Waals surface area (Å²) < 4.78 is 4.84. The van der Waals surface area contributed by atoms with Gasteiger partial charge in [0.25, 0.3) is 5.91 Å². The van der Waals surface area contributed by atoms with Gasteiger partial charge in [-0.25, -0.2) is 4.79 Å². The van der Waals surface area contributed by atoms with E-state index in [1.165, 1.54) is 11.8 Å². The normalized spacial score (nSPS) is 25.2. The number of aliphatic carboxylic acids is 1. The number of nitrogens with zero attached hydrogens (tertiary/aromatic N) is 2. The molecular weight excluding hydrogens is 366 g/mol. The fourth-order valence-corrected chi connectivity index (χ4v) is 3.27. The number of cyclic esters (lactones) is 1. The molecule has 1 unspecified atom stereocenters. The second-order valence-electron chi connectivity index (χ2n) is 5.58. The third-order valence-electron chi connectivity index (χ3n) is 3.84. The van der Waals surface area contributed by atoms with E-state index in [4.69, 9.17) is 9.57 Å². The van der Waals surface area contributed by atoms with Crippen LogP contribution in [0.25, 0.3) is 0 Å². The lowest BCUT2D eigenvalue weighted by molar-refractivity contribution is -0.256. The van der Waals surface area contributed by atoms with E-state index in [1.807, 2.05) is 0 Å². The third-order valence-corrected chi connectivity index (χ3v) is 4.85. The van der Waals surface area contributed by atoms with Gasteiger partial charge in [-0.1, -0.05) is 0 Å². The summed E-state index contributed by atoms with van der Waals surface area (Å²) in [5, 5.41) is 12.4. The quantitative estimate of drug-likeness (QED) is 0.496. The molecule has 1 aromatic rings. The summed E-state index contributed by atoms with van der Waals surface area (Å²) in [5.41, 5.74) is -2.18. The number of carboxylic acid groups (broad SMARTS) is 1. The molecule has 1 aromatic heterocycles. The first kappa shape index (κ1) is 18.1. The summed E-state index contributed by atoms with van der Waals surface area (Å²) in [6.45, 7) is -0.239. The third kappa shape index (κ3) is 3.48. The van der Waals surface area contributed by atoms with Crippen LogP contribution in [-0.2, 0) is 28.8 Å². The molecule has 11 heteroatoms. The number of carbonyl (C=O) groups excluding carboxylic acids is 3. The number of pyridine rings is 1. The van der Waals surface area contributed by atoms with E-state index in [2.05, 4.69) is 10.3 Å². The number of rotatable bonds is 6. The zero-order valence-corrected chi connectivity index (χ0v) is 14.2. The molecule has 2 aliphatic rings. The molecule has 10 nitrogen and oxygen atoms in total. The van der Waals surface area contributed by atoms with Crippen molar-refractivity contribution in [1.29, 1.82) is 0 Å². The molecule has 2 fully saturated rings. The van der Waals surface area contributed by atoms with Crippen LogP contribution in [0.1, 0.15) is 12.8 Å². The molecule has 2 N–H and O–H groups in total. The van der Waals surface area contributed by atoms with Crippen LogP contribution in [0.15, 0.2) is 29.4 Å². The van der Waals surface area contributed by atoms with Gasteiger partial charge in [-0.05, 0) is 12.1 Å². The van der Waals surface area contributed by atoms with Crippen LogP contribution in [0, 0.1) is 0 Å². The Balaban J connectivity index is 1.59. The van der Waals surface area contributed by atoms with Crippen LogP contribution in [0.4, 0.5) is 0 Å². The van der Waals surface area contributed by atoms with Gasteiger partial charge in [0.1, 0.15) is 12.6 Å². The minimum absolute atomic E-state index is 0.0624. The van der Waals surface area contributed by atoms with Crippen molar-refractivity contribution in [3.63, 3.8) is 0 Å². The second kappa shape index (κ2) is 7.30. The maximum Gasteiger partial charge on any atom is 0.372 e. The number of hydrogen-bond acceptors (Lipinski definition) is 8. The predicted molar refractivity (Wildman–Crippen MR) is 85.4 cm³/mol. The van der Waals surface area contributed by atoms with Crippen molar-refractivity contribution in [1.82, 2.24) is 15.4 Å². The van der Waals surface area contributed by atoms with Crippen LogP contribution in [0.3, 0.4) is 0 Å². The fraction of sp³-hybridized carbons (Fsp3) is 0.400. The molecule has 0 bridgehead atoms. The number of hydroxylamine groups is 2. The van der Waals surface area contributed by atoms with Gasteiger partial charge in [0.2, 0.25) is 5.91 Å². The SMILES string of the molecule is O=C(CSc1ccncc1)N[C@H]1CON(C2(C(=O)O)CCC(=O)O2)C1=O. The largest absolute Gasteiger partial charge is 0.477 e. The average Bonchev–Trinajstić information content (AvgIpc) is 3.18. The number of thioether (sulfide) groups is 1. The maximum atomic E-state index is 12.4. The Labute approximate surface area is 151 Å². The summed E-state index contributed by atoms with van der Waals surface area (Å²) in [6.07, 6.45) is 2.84. The fourth-order valence-electron chi connectivity index (χ4n) is 2.57. The Bertz CT molecular complexity index is 744. The summed E-state index contributed by atoms with van der Waals surface area (Å²) in [7, 11) is 0. The summed E-state index contributed by atoms with van der Waals surface area (Å²) >= 11 is 1.26. The van der Waals surface area contributed by atoms with Gasteiger partial charge >= 0.3 is 17.7 Å². The molecule has 0 aliphatic carbocycles. The van der Waals surface area contributed by atoms with Crippen LogP contribution in [-0.4, -0.2) is 63.0 Å². The molecule has 0 spiro atoms. The second-order valence-corrected chi connectivity index (χ2v) is 6.63. The van der Waals surface area contributed by atoms with E-state index in [0.717, 1.165) is 4.90 Å². The summed E-state index contributed by atoms with van der Waals surface area (Å²) in [6, 6.07) is 2.44. The first-order valence-electron chi connectivity index (χ1n) is 7.67. The highest BCUT2D eigenvalue weighted by Gasteiger charge is 2.59. The van der Waals surface area contributed by atoms with Crippen LogP contribution < -0.4 is 5.32 Å². The first-order chi connectivity index (χ1) is 12.4. The van der Waals surface area contributed by atoms with Gasteiger partial charge in [0, 0.05) is 23.7 Å². The lowest BCUT2D eigenvalue weighted by Crippen LogP contribution is -2.56. The van der Waals surface area contributed by atoms with E-state index >= 15 is 0 Å². The van der Waals surface area contributed by atoms with Crippen molar-refractivity contribution >= 4 is 35.5 Å². The monoisotopic (exact) mass is 381 g/mol. The minimum Gasteiger partial charge on any atom is -0.477 e. The number of nitrogens with one attached hydrogen (secondary N) is 1. The molecule has 0 saturated carbocycles. The van der Waals surface area contributed by atoms with Gasteiger partial charge in [-0.3, -0.25) is 24.2 Å². The zero-order valence-electron chi connectivity index (χ0n) is 13.4. The lowest BCUT2D eigenvalue weighted by atomic mass is 10.1. The molecule has 26 heavy (non-hydrogen) atoms. The first-order valence-corrected chi connectivity index (χ1v) is 8.65. The van der Waals surface area contributed by atoms with E-state index < -0.39 is 35.5 Å². The number of esters is 1. The van der Waals surface area contributed by atoms with E-state index in [1.54, 1.807) is 24.5 Å². The zero-order chi connectivity index (χ0) is 18.7. The smallest absolute Gasteiger partial charge is 0.372 e. The predicted octanol–water partition coefficient (Wildman–Crippen LogP) is -0.450. The van der Waals surface area contributed by atoms with Crippen molar-refractivity contribution in [2.45, 2.75) is 29.5 Å². The van der Waals surface area contributed by atoms with Crippen LogP contribution in [0.5, 0.6) is 0 Å². The Morgan fingerprint density at radius 1 is 1.38 bits per heavy atom. The number of aromatic nitrogens is 1.